The van der Waals surface area contributed by atoms with Gasteiger partial charge in [0, 0.05) is 33.2 Å². The molecule has 0 radical (unpaired) electrons. The Labute approximate surface area is 159 Å². The molecule has 0 spiro atoms. The van der Waals surface area contributed by atoms with Gasteiger partial charge in [-0.05, 0) is 24.1 Å². The minimum absolute atomic E-state index is 0.0314. The Morgan fingerprint density at radius 1 is 1.26 bits per heavy atom. The van der Waals surface area contributed by atoms with Crippen LogP contribution in [-0.4, -0.2) is 70.2 Å². The van der Waals surface area contributed by atoms with Gasteiger partial charge in [-0.3, -0.25) is 4.79 Å². The van der Waals surface area contributed by atoms with Crippen molar-refractivity contribution in [2.75, 3.05) is 47.5 Å². The predicted molar refractivity (Wildman–Crippen MR) is 103 cm³/mol. The zero-order valence-corrected chi connectivity index (χ0v) is 16.2. The number of carbonyl (C=O) groups excluding carboxylic acids is 2. The summed E-state index contributed by atoms with van der Waals surface area (Å²) < 4.78 is 10.1. The molecule has 0 bridgehead atoms. The zero-order chi connectivity index (χ0) is 19.6. The molecule has 1 atom stereocenters. The Morgan fingerprint density at radius 2 is 2.00 bits per heavy atom. The predicted octanol–water partition coefficient (Wildman–Crippen LogP) is 0.633. The molecule has 1 fully saturated rings. The van der Waals surface area contributed by atoms with Gasteiger partial charge < -0.3 is 25.0 Å². The number of rotatable bonds is 7. The Morgan fingerprint density at radius 3 is 2.59 bits per heavy atom. The molecular weight excluding hydrogens is 348 g/mol. The average molecular weight is 376 g/mol. The van der Waals surface area contributed by atoms with E-state index in [2.05, 4.69) is 15.6 Å². The number of guanidine groups is 1. The Balaban J connectivity index is 1.96. The number of hydrogen-bond acceptors (Lipinski definition) is 5. The second-order valence-corrected chi connectivity index (χ2v) is 6.61. The summed E-state index contributed by atoms with van der Waals surface area (Å²) in [7, 11) is 4.79. The number of esters is 1. The van der Waals surface area contributed by atoms with Gasteiger partial charge in [-0.25, -0.2) is 9.79 Å². The number of amides is 1. The summed E-state index contributed by atoms with van der Waals surface area (Å²) >= 11 is 0. The van der Waals surface area contributed by atoms with E-state index in [-0.39, 0.29) is 18.4 Å². The first kappa shape index (κ1) is 20.7. The molecule has 8 nitrogen and oxygen atoms in total. The van der Waals surface area contributed by atoms with Crippen molar-refractivity contribution in [2.45, 2.75) is 13.0 Å². The Bertz CT molecular complexity index is 652. The highest BCUT2D eigenvalue weighted by Gasteiger charge is 2.16. The number of likely N-dealkylation sites (N-methyl/N-ethyl adjacent to an activating group) is 1. The second-order valence-electron chi connectivity index (χ2n) is 6.61. The van der Waals surface area contributed by atoms with E-state index in [1.807, 2.05) is 12.1 Å². The van der Waals surface area contributed by atoms with Crippen LogP contribution in [0.25, 0.3) is 0 Å². The van der Waals surface area contributed by atoms with E-state index < -0.39 is 0 Å². The van der Waals surface area contributed by atoms with Crippen LogP contribution in [0.3, 0.4) is 0 Å². The molecule has 1 aliphatic heterocycles. The van der Waals surface area contributed by atoms with E-state index in [9.17, 15) is 9.59 Å². The number of aliphatic imine (C=N–C) groups is 1. The van der Waals surface area contributed by atoms with Gasteiger partial charge >= 0.3 is 5.97 Å². The molecular formula is C19H28N4O4. The lowest BCUT2D eigenvalue weighted by molar-refractivity contribution is -0.127. The average Bonchev–Trinajstić information content (AvgIpc) is 3.20. The van der Waals surface area contributed by atoms with Crippen LogP contribution in [0.1, 0.15) is 22.3 Å². The van der Waals surface area contributed by atoms with E-state index in [1.165, 1.54) is 12.0 Å². The van der Waals surface area contributed by atoms with Crippen molar-refractivity contribution in [3.05, 3.63) is 35.4 Å². The number of carbonyl (C=O) groups is 2. The van der Waals surface area contributed by atoms with Gasteiger partial charge in [0.2, 0.25) is 5.91 Å². The maximum atomic E-state index is 11.8. The molecule has 2 N–H and O–H groups in total. The molecule has 1 saturated heterocycles. The number of benzene rings is 1. The molecule has 0 saturated carbocycles. The third-order valence-corrected chi connectivity index (χ3v) is 4.28. The third kappa shape index (κ3) is 6.90. The van der Waals surface area contributed by atoms with E-state index in [0.717, 1.165) is 31.7 Å². The number of ether oxygens (including phenoxy) is 2. The molecule has 8 heteroatoms. The molecule has 0 aliphatic carbocycles. The fraction of sp³-hybridized carbons (Fsp3) is 0.526. The fourth-order valence-corrected chi connectivity index (χ4v) is 2.51. The summed E-state index contributed by atoms with van der Waals surface area (Å²) in [5, 5.41) is 6.35. The van der Waals surface area contributed by atoms with Gasteiger partial charge in [-0.2, -0.15) is 0 Å². The van der Waals surface area contributed by atoms with E-state index in [4.69, 9.17) is 9.47 Å². The van der Waals surface area contributed by atoms with E-state index >= 15 is 0 Å². The molecule has 1 unspecified atom stereocenters. The number of nitrogens with one attached hydrogen (secondary N) is 2. The highest BCUT2D eigenvalue weighted by atomic mass is 16.5. The molecule has 1 amide bonds. The van der Waals surface area contributed by atoms with Gasteiger partial charge in [0.15, 0.2) is 5.96 Å². The van der Waals surface area contributed by atoms with Crippen molar-refractivity contribution in [3.63, 3.8) is 0 Å². The molecule has 148 valence electrons. The van der Waals surface area contributed by atoms with Crippen LogP contribution in [0, 0.1) is 5.92 Å². The molecule has 1 aromatic carbocycles. The number of nitrogens with zero attached hydrogens (tertiary/aromatic N) is 2. The maximum absolute atomic E-state index is 11.8. The molecule has 1 aromatic rings. The highest BCUT2D eigenvalue weighted by Crippen LogP contribution is 2.10. The summed E-state index contributed by atoms with van der Waals surface area (Å²) in [4.78, 5) is 29.4. The first-order valence-electron chi connectivity index (χ1n) is 8.97. The van der Waals surface area contributed by atoms with Crippen LogP contribution >= 0.6 is 0 Å². The second kappa shape index (κ2) is 10.5. The minimum atomic E-state index is -0.366. The summed E-state index contributed by atoms with van der Waals surface area (Å²) in [6.45, 7) is 2.86. The smallest absolute Gasteiger partial charge is 0.337 e. The van der Waals surface area contributed by atoms with Gasteiger partial charge in [0.1, 0.15) is 0 Å². The van der Waals surface area contributed by atoms with E-state index in [0.29, 0.717) is 24.0 Å². The lowest BCUT2D eigenvalue weighted by atomic mass is 10.1. The van der Waals surface area contributed by atoms with Crippen molar-refractivity contribution in [2.24, 2.45) is 10.9 Å². The maximum Gasteiger partial charge on any atom is 0.337 e. The van der Waals surface area contributed by atoms with Crippen LogP contribution in [0.5, 0.6) is 0 Å². The van der Waals surface area contributed by atoms with Gasteiger partial charge in [0.05, 0.1) is 32.4 Å². The molecule has 0 aromatic heterocycles. The third-order valence-electron chi connectivity index (χ3n) is 4.28. The standard InChI is InChI=1S/C19H28N4O4/c1-23(2)17(24)12-22-19(21-11-15-8-9-27-13-15)20-10-14-4-6-16(7-5-14)18(25)26-3/h4-7,15H,8-13H2,1-3H3,(H2,20,21,22). The summed E-state index contributed by atoms with van der Waals surface area (Å²) in [5.41, 5.74) is 1.45. The highest BCUT2D eigenvalue weighted by molar-refractivity contribution is 5.89. The first-order valence-corrected chi connectivity index (χ1v) is 8.97. The van der Waals surface area contributed by atoms with Crippen molar-refractivity contribution >= 4 is 17.8 Å². The monoisotopic (exact) mass is 376 g/mol. The molecule has 27 heavy (non-hydrogen) atoms. The SMILES string of the molecule is COC(=O)c1ccc(CN=C(NCC(=O)N(C)C)NCC2CCOC2)cc1. The van der Waals surface area contributed by atoms with Gasteiger partial charge in [-0.1, -0.05) is 12.1 Å². The zero-order valence-electron chi connectivity index (χ0n) is 16.2. The molecule has 2 rings (SSSR count). The van der Waals surface area contributed by atoms with Gasteiger partial charge in [-0.15, -0.1) is 0 Å². The van der Waals surface area contributed by atoms with Crippen LogP contribution in [-0.2, 0) is 20.8 Å². The quantitative estimate of drug-likeness (QED) is 0.412. The van der Waals surface area contributed by atoms with Crippen LogP contribution < -0.4 is 10.6 Å². The van der Waals surface area contributed by atoms with Crippen LogP contribution in [0.4, 0.5) is 0 Å². The largest absolute Gasteiger partial charge is 0.465 e. The summed E-state index contributed by atoms with van der Waals surface area (Å²) in [6.07, 6.45) is 1.02. The van der Waals surface area contributed by atoms with E-state index in [1.54, 1.807) is 26.2 Å². The Hall–Kier alpha value is -2.61. The minimum Gasteiger partial charge on any atom is -0.465 e. The van der Waals surface area contributed by atoms with Crippen molar-refractivity contribution < 1.29 is 19.1 Å². The van der Waals surface area contributed by atoms with Crippen molar-refractivity contribution in [1.82, 2.24) is 15.5 Å². The summed E-state index contributed by atoms with van der Waals surface area (Å²) in [6, 6.07) is 7.09. The lowest BCUT2D eigenvalue weighted by Gasteiger charge is -2.16. The van der Waals surface area contributed by atoms with Crippen LogP contribution in [0.2, 0.25) is 0 Å². The molecule has 1 aliphatic rings. The fourth-order valence-electron chi connectivity index (χ4n) is 2.51. The van der Waals surface area contributed by atoms with Crippen LogP contribution in [0.15, 0.2) is 29.3 Å². The molecule has 1 heterocycles. The van der Waals surface area contributed by atoms with Crippen molar-refractivity contribution in [3.8, 4) is 0 Å². The summed E-state index contributed by atoms with van der Waals surface area (Å²) in [5.74, 6) is 0.626. The van der Waals surface area contributed by atoms with Gasteiger partial charge in [0.25, 0.3) is 0 Å². The first-order chi connectivity index (χ1) is 13.0. The topological polar surface area (TPSA) is 92.3 Å². The number of hydrogen-bond donors (Lipinski definition) is 2. The Kier molecular flexibility index (Phi) is 8.06. The lowest BCUT2D eigenvalue weighted by Crippen LogP contribution is -2.44. The van der Waals surface area contributed by atoms with Crippen molar-refractivity contribution in [1.29, 1.82) is 0 Å². The normalized spacial score (nSPS) is 16.7. The number of methoxy groups -OCH3 is 1.